The molecule has 2 aromatic rings. The second kappa shape index (κ2) is 11.5. The number of aromatic hydroxyl groups is 1. The van der Waals surface area contributed by atoms with Gasteiger partial charge < -0.3 is 65.3 Å². The van der Waals surface area contributed by atoms with Crippen molar-refractivity contribution in [1.29, 1.82) is 0 Å². The molecule has 11 atom stereocenters. The van der Waals surface area contributed by atoms with Gasteiger partial charge in [0, 0.05) is 5.92 Å². The molecule has 1 aliphatic carbocycles. The van der Waals surface area contributed by atoms with Gasteiger partial charge in [0.15, 0.2) is 0 Å². The summed E-state index contributed by atoms with van der Waals surface area (Å²) in [6.45, 7) is -1.94. The first-order valence-electron chi connectivity index (χ1n) is 13.0. The molecule has 5 rings (SSSR count). The van der Waals surface area contributed by atoms with Crippen LogP contribution in [-0.4, -0.2) is 131 Å². The van der Waals surface area contributed by atoms with Crippen LogP contribution in [0.2, 0.25) is 0 Å². The van der Waals surface area contributed by atoms with E-state index in [4.69, 9.17) is 14.2 Å². The van der Waals surface area contributed by atoms with Gasteiger partial charge in [0.05, 0.1) is 37.1 Å². The number of aliphatic hydroxyl groups is 9. The third-order valence-corrected chi connectivity index (χ3v) is 7.92. The van der Waals surface area contributed by atoms with Gasteiger partial charge in [-0.15, -0.1) is 0 Å². The Balaban J connectivity index is 1.65. The fourth-order valence-corrected chi connectivity index (χ4v) is 5.78. The van der Waals surface area contributed by atoms with Crippen molar-refractivity contribution in [3.63, 3.8) is 0 Å². The highest BCUT2D eigenvalue weighted by molar-refractivity contribution is 6.16. The molecule has 0 spiro atoms. The smallest absolute Gasteiger partial charge is 0.229 e. The van der Waals surface area contributed by atoms with E-state index < -0.39 is 98.5 Å². The summed E-state index contributed by atoms with van der Waals surface area (Å²) in [5.74, 6) is -2.58. The number of aliphatic hydroxyl groups excluding tert-OH is 9. The van der Waals surface area contributed by atoms with Crippen molar-refractivity contribution in [2.45, 2.75) is 73.8 Å². The van der Waals surface area contributed by atoms with Crippen molar-refractivity contribution in [3.05, 3.63) is 58.1 Å². The Bertz CT molecular complexity index is 1280. The van der Waals surface area contributed by atoms with Gasteiger partial charge in [-0.05, 0) is 28.8 Å². The van der Waals surface area contributed by atoms with Crippen LogP contribution in [0.15, 0.2) is 30.3 Å². The van der Waals surface area contributed by atoms with Crippen LogP contribution in [0.1, 0.15) is 38.5 Å². The maximum Gasteiger partial charge on any atom is 0.229 e. The van der Waals surface area contributed by atoms with E-state index in [1.807, 2.05) is 0 Å². The quantitative estimate of drug-likeness (QED) is 0.160. The normalized spacial score (nSPS) is 36.9. The lowest BCUT2D eigenvalue weighted by molar-refractivity contribution is -0.277. The summed E-state index contributed by atoms with van der Waals surface area (Å²) in [4.78, 5) is 13.9. The molecule has 14 heteroatoms. The molecule has 3 aliphatic rings. The summed E-state index contributed by atoms with van der Waals surface area (Å²) in [5.41, 5.74) is 0.123. The average molecular weight is 581 g/mol. The Hall–Kier alpha value is -2.73. The summed E-state index contributed by atoms with van der Waals surface area (Å²) >= 11 is 0. The molecule has 224 valence electrons. The summed E-state index contributed by atoms with van der Waals surface area (Å²) in [6, 6.07) is 6.89. The fourth-order valence-electron chi connectivity index (χ4n) is 5.78. The molecule has 2 saturated heterocycles. The van der Waals surface area contributed by atoms with Crippen molar-refractivity contribution in [2.24, 2.45) is 0 Å². The van der Waals surface area contributed by atoms with Gasteiger partial charge in [0.25, 0.3) is 0 Å². The first-order valence-corrected chi connectivity index (χ1v) is 13.0. The fraction of sp³-hybridized carbons (Fsp3) is 0.519. The minimum absolute atomic E-state index is 0.126. The van der Waals surface area contributed by atoms with Crippen LogP contribution < -0.4 is 4.74 Å². The zero-order valence-electron chi connectivity index (χ0n) is 21.5. The highest BCUT2D eigenvalue weighted by Crippen LogP contribution is 2.48. The zero-order valence-corrected chi connectivity index (χ0v) is 21.5. The highest BCUT2D eigenvalue weighted by Gasteiger charge is 2.51. The number of carbonyl (C=O) groups excluding carboxylic acids is 1. The second-order valence-electron chi connectivity index (χ2n) is 10.4. The maximum atomic E-state index is 13.9. The molecular formula is C27H32O14. The molecule has 14 nitrogen and oxygen atoms in total. The number of carbonyl (C=O) groups is 1. The number of fused-ring (bicyclic) bond motifs is 2. The number of ether oxygens (including phenoxy) is 3. The van der Waals surface area contributed by atoms with Gasteiger partial charge in [0.1, 0.15) is 60.3 Å². The molecule has 2 heterocycles. The number of hydrogen-bond donors (Lipinski definition) is 10. The van der Waals surface area contributed by atoms with Gasteiger partial charge in [0.2, 0.25) is 12.1 Å². The number of benzene rings is 2. The molecule has 0 aromatic heterocycles. The van der Waals surface area contributed by atoms with Crippen molar-refractivity contribution in [2.75, 3.05) is 13.2 Å². The second-order valence-corrected chi connectivity index (χ2v) is 10.4. The van der Waals surface area contributed by atoms with E-state index in [-0.39, 0.29) is 33.6 Å². The maximum absolute atomic E-state index is 13.9. The van der Waals surface area contributed by atoms with Crippen LogP contribution >= 0.6 is 0 Å². The molecular weight excluding hydrogens is 548 g/mol. The van der Waals surface area contributed by atoms with Crippen LogP contribution in [0.3, 0.4) is 0 Å². The van der Waals surface area contributed by atoms with Gasteiger partial charge in [-0.25, -0.2) is 0 Å². The lowest BCUT2D eigenvalue weighted by atomic mass is 9.71. The van der Waals surface area contributed by atoms with Gasteiger partial charge in [-0.2, -0.15) is 0 Å². The lowest BCUT2D eigenvalue weighted by Crippen LogP contribution is -2.60. The number of ketones is 1. The number of phenolic OH excluding ortho intramolecular Hbond substituents is 1. The van der Waals surface area contributed by atoms with E-state index in [9.17, 15) is 55.9 Å². The van der Waals surface area contributed by atoms with Crippen LogP contribution in [0.4, 0.5) is 0 Å². The standard InChI is InChI=1S/C27H32O14/c28-6-9-4-11-16(26-24(37)22(35)19(32)14(7-29)39-26)10-2-1-3-13(18(10)21(34)17(11)12(31)5-9)40-27-25(38)23(36)20(33)15(8-30)41-27/h1-5,14-16,19-20,22-33,35-38H,6-8H2/t14-,15-,16-,19-,20-,22+,23+,24-,25-,26?,27+/m1/s1. The van der Waals surface area contributed by atoms with Crippen LogP contribution in [0.25, 0.3) is 0 Å². The first-order chi connectivity index (χ1) is 19.5. The molecule has 41 heavy (non-hydrogen) atoms. The van der Waals surface area contributed by atoms with E-state index >= 15 is 0 Å². The summed E-state index contributed by atoms with van der Waals surface area (Å²) in [7, 11) is 0. The van der Waals surface area contributed by atoms with E-state index in [0.29, 0.717) is 0 Å². The number of phenols is 1. The van der Waals surface area contributed by atoms with Crippen LogP contribution in [-0.2, 0) is 16.1 Å². The predicted octanol–water partition coefficient (Wildman–Crippen LogP) is -3.42. The predicted molar refractivity (Wildman–Crippen MR) is 134 cm³/mol. The molecule has 10 N–H and O–H groups in total. The minimum Gasteiger partial charge on any atom is -0.507 e. The van der Waals surface area contributed by atoms with E-state index in [2.05, 4.69) is 0 Å². The average Bonchev–Trinajstić information content (AvgIpc) is 2.96. The zero-order chi connectivity index (χ0) is 29.7. The van der Waals surface area contributed by atoms with Crippen LogP contribution in [0, 0.1) is 0 Å². The number of hydrogen-bond acceptors (Lipinski definition) is 14. The molecule has 2 aliphatic heterocycles. The lowest BCUT2D eigenvalue weighted by Gasteiger charge is -2.45. The van der Waals surface area contributed by atoms with Crippen molar-refractivity contribution in [1.82, 2.24) is 0 Å². The van der Waals surface area contributed by atoms with Crippen molar-refractivity contribution >= 4 is 5.78 Å². The van der Waals surface area contributed by atoms with Crippen molar-refractivity contribution in [3.8, 4) is 11.5 Å². The Morgan fingerprint density at radius 2 is 1.37 bits per heavy atom. The van der Waals surface area contributed by atoms with E-state index in [1.165, 1.54) is 30.3 Å². The third-order valence-electron chi connectivity index (χ3n) is 7.92. The largest absolute Gasteiger partial charge is 0.507 e. The summed E-state index contributed by atoms with van der Waals surface area (Å²) in [5, 5.41) is 103. The van der Waals surface area contributed by atoms with Gasteiger partial charge >= 0.3 is 0 Å². The van der Waals surface area contributed by atoms with E-state index in [1.54, 1.807) is 0 Å². The molecule has 2 aromatic carbocycles. The molecule has 0 amide bonds. The molecule has 0 radical (unpaired) electrons. The Morgan fingerprint density at radius 1 is 0.732 bits per heavy atom. The Kier molecular flexibility index (Phi) is 8.35. The Morgan fingerprint density at radius 3 is 2.00 bits per heavy atom. The minimum atomic E-state index is -1.80. The number of rotatable bonds is 6. The Labute approximate surface area is 232 Å². The monoisotopic (exact) mass is 580 g/mol. The summed E-state index contributed by atoms with van der Waals surface area (Å²) in [6.07, 6.45) is -16.0. The molecule has 1 unspecified atom stereocenters. The summed E-state index contributed by atoms with van der Waals surface area (Å²) < 4.78 is 17.1. The van der Waals surface area contributed by atoms with Crippen LogP contribution in [0.5, 0.6) is 11.5 Å². The molecule has 0 saturated carbocycles. The SMILES string of the molecule is O=C1c2c(O)cc(CO)cc2[C@H](C2O[C@H](CO)[C@@H](O)[C@H](O)[C@H]2O)c2cccc(O[C@H]3O[C@H](CO)[C@@H](O)[C@H](O)[C@H]3O)c21. The molecule has 2 fully saturated rings. The van der Waals surface area contributed by atoms with Gasteiger partial charge in [-0.1, -0.05) is 18.2 Å². The third kappa shape index (κ3) is 4.90. The van der Waals surface area contributed by atoms with E-state index in [0.717, 1.165) is 0 Å². The molecule has 0 bridgehead atoms. The topological polar surface area (TPSA) is 247 Å². The first kappa shape index (κ1) is 29.8. The highest BCUT2D eigenvalue weighted by atomic mass is 16.7. The van der Waals surface area contributed by atoms with Crippen molar-refractivity contribution < 1.29 is 70.1 Å². The van der Waals surface area contributed by atoms with Gasteiger partial charge in [-0.3, -0.25) is 4.79 Å².